The lowest BCUT2D eigenvalue weighted by Crippen LogP contribution is -2.37. The van der Waals surface area contributed by atoms with Crippen molar-refractivity contribution in [3.05, 3.63) is 0 Å². The van der Waals surface area contributed by atoms with Crippen molar-refractivity contribution < 1.29 is 0 Å². The SMILES string of the molecule is CCNC(CC(C)C)C1CCSC1. The summed E-state index contributed by atoms with van der Waals surface area (Å²) in [4.78, 5) is 0. The lowest BCUT2D eigenvalue weighted by molar-refractivity contribution is 0.332. The molecule has 0 aromatic carbocycles. The molecule has 0 radical (unpaired) electrons. The largest absolute Gasteiger partial charge is 0.314 e. The van der Waals surface area contributed by atoms with Crippen LogP contribution in [0.4, 0.5) is 0 Å². The molecule has 0 aliphatic carbocycles. The van der Waals surface area contributed by atoms with Gasteiger partial charge in [-0.25, -0.2) is 0 Å². The molecule has 1 fully saturated rings. The minimum absolute atomic E-state index is 0.778. The molecule has 78 valence electrons. The fourth-order valence-corrected chi connectivity index (χ4v) is 3.42. The van der Waals surface area contributed by atoms with Crippen LogP contribution in [0.3, 0.4) is 0 Å². The van der Waals surface area contributed by atoms with Gasteiger partial charge in [-0.15, -0.1) is 0 Å². The first-order chi connectivity index (χ1) is 6.24. The molecule has 0 spiro atoms. The fourth-order valence-electron chi connectivity index (χ4n) is 2.08. The van der Waals surface area contributed by atoms with Gasteiger partial charge in [-0.3, -0.25) is 0 Å². The molecule has 1 nitrogen and oxygen atoms in total. The first kappa shape index (κ1) is 11.4. The van der Waals surface area contributed by atoms with Gasteiger partial charge >= 0.3 is 0 Å². The Balaban J connectivity index is 2.35. The Bertz CT molecular complexity index is 130. The quantitative estimate of drug-likeness (QED) is 0.734. The molecule has 2 heteroatoms. The van der Waals surface area contributed by atoms with Gasteiger partial charge in [-0.05, 0) is 42.7 Å². The van der Waals surface area contributed by atoms with E-state index in [4.69, 9.17) is 0 Å². The van der Waals surface area contributed by atoms with E-state index >= 15 is 0 Å². The zero-order valence-corrected chi connectivity index (χ0v) is 9.99. The third-order valence-corrected chi connectivity index (χ3v) is 3.91. The molecule has 13 heavy (non-hydrogen) atoms. The lowest BCUT2D eigenvalue weighted by Gasteiger charge is -2.25. The topological polar surface area (TPSA) is 12.0 Å². The van der Waals surface area contributed by atoms with Gasteiger partial charge in [-0.2, -0.15) is 11.8 Å². The third-order valence-electron chi connectivity index (χ3n) is 2.73. The highest BCUT2D eigenvalue weighted by molar-refractivity contribution is 7.99. The standard InChI is InChI=1S/C11H23NS/c1-4-12-11(7-9(2)3)10-5-6-13-8-10/h9-12H,4-8H2,1-3H3. The highest BCUT2D eigenvalue weighted by Gasteiger charge is 2.24. The van der Waals surface area contributed by atoms with Gasteiger partial charge in [-0.1, -0.05) is 20.8 Å². The summed E-state index contributed by atoms with van der Waals surface area (Å²) in [6, 6.07) is 0.778. The van der Waals surface area contributed by atoms with Crippen LogP contribution in [0.15, 0.2) is 0 Å². The predicted octanol–water partition coefficient (Wildman–Crippen LogP) is 2.76. The first-order valence-electron chi connectivity index (χ1n) is 5.55. The summed E-state index contributed by atoms with van der Waals surface area (Å²) in [5.74, 6) is 4.52. The number of hydrogen-bond acceptors (Lipinski definition) is 2. The Morgan fingerprint density at radius 3 is 2.69 bits per heavy atom. The van der Waals surface area contributed by atoms with Crippen LogP contribution in [0.5, 0.6) is 0 Å². The molecule has 1 N–H and O–H groups in total. The summed E-state index contributed by atoms with van der Waals surface area (Å²) in [7, 11) is 0. The molecular weight excluding hydrogens is 178 g/mol. The molecule has 2 unspecified atom stereocenters. The van der Waals surface area contributed by atoms with E-state index in [0.717, 1.165) is 24.4 Å². The van der Waals surface area contributed by atoms with Crippen molar-refractivity contribution in [1.82, 2.24) is 5.32 Å². The van der Waals surface area contributed by atoms with E-state index in [1.54, 1.807) is 0 Å². The van der Waals surface area contributed by atoms with Crippen molar-refractivity contribution in [2.75, 3.05) is 18.1 Å². The molecule has 1 heterocycles. The van der Waals surface area contributed by atoms with E-state index in [0.29, 0.717) is 0 Å². The minimum Gasteiger partial charge on any atom is -0.314 e. The molecule has 0 aromatic rings. The Morgan fingerprint density at radius 2 is 2.23 bits per heavy atom. The molecular formula is C11H23NS. The van der Waals surface area contributed by atoms with Crippen molar-refractivity contribution >= 4 is 11.8 Å². The summed E-state index contributed by atoms with van der Waals surface area (Å²) in [6.07, 6.45) is 2.77. The van der Waals surface area contributed by atoms with Crippen LogP contribution < -0.4 is 5.32 Å². The van der Waals surface area contributed by atoms with E-state index in [-0.39, 0.29) is 0 Å². The van der Waals surface area contributed by atoms with Crippen molar-refractivity contribution in [3.63, 3.8) is 0 Å². The van der Waals surface area contributed by atoms with Crippen LogP contribution >= 0.6 is 11.8 Å². The maximum atomic E-state index is 3.64. The van der Waals surface area contributed by atoms with Gasteiger partial charge in [0.15, 0.2) is 0 Å². The summed E-state index contributed by atoms with van der Waals surface area (Å²) >= 11 is 2.12. The molecule has 0 aromatic heterocycles. The Hall–Kier alpha value is 0.310. The molecule has 1 aliphatic heterocycles. The average molecular weight is 201 g/mol. The van der Waals surface area contributed by atoms with E-state index in [1.807, 2.05) is 0 Å². The normalized spacial score (nSPS) is 25.4. The monoisotopic (exact) mass is 201 g/mol. The van der Waals surface area contributed by atoms with Crippen molar-refractivity contribution in [2.24, 2.45) is 11.8 Å². The Morgan fingerprint density at radius 1 is 1.46 bits per heavy atom. The van der Waals surface area contributed by atoms with Gasteiger partial charge in [0.25, 0.3) is 0 Å². The minimum atomic E-state index is 0.778. The van der Waals surface area contributed by atoms with E-state index in [9.17, 15) is 0 Å². The number of nitrogens with one attached hydrogen (secondary N) is 1. The summed E-state index contributed by atoms with van der Waals surface area (Å²) in [6.45, 7) is 7.99. The number of hydrogen-bond donors (Lipinski definition) is 1. The molecule has 0 amide bonds. The summed E-state index contributed by atoms with van der Waals surface area (Å²) in [5.41, 5.74) is 0. The Labute approximate surface area is 87.1 Å². The smallest absolute Gasteiger partial charge is 0.0106 e. The van der Waals surface area contributed by atoms with Crippen molar-refractivity contribution in [3.8, 4) is 0 Å². The van der Waals surface area contributed by atoms with Crippen LogP contribution in [-0.2, 0) is 0 Å². The third kappa shape index (κ3) is 3.90. The second kappa shape index (κ2) is 5.92. The number of thioether (sulfide) groups is 1. The first-order valence-corrected chi connectivity index (χ1v) is 6.70. The van der Waals surface area contributed by atoms with Crippen LogP contribution in [0.25, 0.3) is 0 Å². The zero-order chi connectivity index (χ0) is 9.68. The fraction of sp³-hybridized carbons (Fsp3) is 1.00. The number of rotatable bonds is 5. The second-order valence-corrected chi connectivity index (χ2v) is 5.57. The molecule has 2 atom stereocenters. The van der Waals surface area contributed by atoms with Crippen molar-refractivity contribution in [1.29, 1.82) is 0 Å². The van der Waals surface area contributed by atoms with Gasteiger partial charge in [0, 0.05) is 6.04 Å². The lowest BCUT2D eigenvalue weighted by atomic mass is 9.91. The van der Waals surface area contributed by atoms with E-state index < -0.39 is 0 Å². The maximum Gasteiger partial charge on any atom is 0.0106 e. The highest BCUT2D eigenvalue weighted by atomic mass is 32.2. The Kier molecular flexibility index (Phi) is 5.18. The van der Waals surface area contributed by atoms with Gasteiger partial charge in [0.2, 0.25) is 0 Å². The molecule has 1 rings (SSSR count). The van der Waals surface area contributed by atoms with Gasteiger partial charge < -0.3 is 5.32 Å². The molecule has 0 saturated carbocycles. The van der Waals surface area contributed by atoms with Crippen LogP contribution in [0, 0.1) is 11.8 Å². The van der Waals surface area contributed by atoms with Crippen LogP contribution in [-0.4, -0.2) is 24.1 Å². The van der Waals surface area contributed by atoms with E-state index in [1.165, 1.54) is 24.3 Å². The summed E-state index contributed by atoms with van der Waals surface area (Å²) in [5, 5.41) is 3.64. The second-order valence-electron chi connectivity index (χ2n) is 4.42. The average Bonchev–Trinajstić information content (AvgIpc) is 2.54. The molecule has 1 aliphatic rings. The van der Waals surface area contributed by atoms with Gasteiger partial charge in [0.05, 0.1) is 0 Å². The summed E-state index contributed by atoms with van der Waals surface area (Å²) < 4.78 is 0. The predicted molar refractivity (Wildman–Crippen MR) is 62.4 cm³/mol. The van der Waals surface area contributed by atoms with E-state index in [2.05, 4.69) is 37.8 Å². The highest BCUT2D eigenvalue weighted by Crippen LogP contribution is 2.28. The van der Waals surface area contributed by atoms with Gasteiger partial charge in [0.1, 0.15) is 0 Å². The maximum absolute atomic E-state index is 3.64. The van der Waals surface area contributed by atoms with Crippen LogP contribution in [0.1, 0.15) is 33.6 Å². The molecule has 0 bridgehead atoms. The van der Waals surface area contributed by atoms with Crippen molar-refractivity contribution in [2.45, 2.75) is 39.7 Å². The molecule has 1 saturated heterocycles. The zero-order valence-electron chi connectivity index (χ0n) is 9.18. The van der Waals surface area contributed by atoms with Crippen LogP contribution in [0.2, 0.25) is 0 Å².